The van der Waals surface area contributed by atoms with E-state index in [0.29, 0.717) is 11.6 Å². The van der Waals surface area contributed by atoms with Crippen LogP contribution in [-0.4, -0.2) is 37.1 Å². The van der Waals surface area contributed by atoms with Crippen LogP contribution in [0.2, 0.25) is 5.02 Å². The van der Waals surface area contributed by atoms with Crippen molar-refractivity contribution in [2.75, 3.05) is 27.3 Å². The third kappa shape index (κ3) is 2.70. The Hall–Kier alpha value is -0.580. The normalized spacial score (nSPS) is 13.1. The van der Waals surface area contributed by atoms with Gasteiger partial charge in [0.15, 0.2) is 0 Å². The number of halogens is 1. The van der Waals surface area contributed by atoms with Gasteiger partial charge in [0.2, 0.25) is 0 Å². The Morgan fingerprint density at radius 2 is 2.43 bits per heavy atom. The van der Waals surface area contributed by atoms with Gasteiger partial charge in [-0.3, -0.25) is 4.68 Å². The standard InChI is InChI=1S/C9H16ClN3O/c1-7-9(10)5-13(12-7)8(4-11-2)6-14-3/h5,8,11H,4,6H2,1-3H3. The molecule has 1 N–H and O–H groups in total. The van der Waals surface area contributed by atoms with Crippen LogP contribution in [-0.2, 0) is 4.74 Å². The summed E-state index contributed by atoms with van der Waals surface area (Å²) in [7, 11) is 3.58. The highest BCUT2D eigenvalue weighted by Gasteiger charge is 2.12. The predicted molar refractivity (Wildman–Crippen MR) is 56.8 cm³/mol. The molecule has 0 spiro atoms. The van der Waals surface area contributed by atoms with E-state index in [1.165, 1.54) is 0 Å². The van der Waals surface area contributed by atoms with Crippen molar-refractivity contribution in [3.05, 3.63) is 16.9 Å². The summed E-state index contributed by atoms with van der Waals surface area (Å²) in [5, 5.41) is 8.10. The smallest absolute Gasteiger partial charge is 0.0877 e. The first-order valence-electron chi connectivity index (χ1n) is 4.53. The zero-order valence-corrected chi connectivity index (χ0v) is 9.51. The molecular formula is C9H16ClN3O. The number of ether oxygens (including phenoxy) is 1. The van der Waals surface area contributed by atoms with E-state index >= 15 is 0 Å². The van der Waals surface area contributed by atoms with Gasteiger partial charge in [0.1, 0.15) is 0 Å². The molecule has 1 rings (SSSR count). The van der Waals surface area contributed by atoms with E-state index in [1.54, 1.807) is 7.11 Å². The molecule has 0 aliphatic carbocycles. The first-order valence-corrected chi connectivity index (χ1v) is 4.91. The fourth-order valence-corrected chi connectivity index (χ4v) is 1.44. The van der Waals surface area contributed by atoms with Gasteiger partial charge in [-0.2, -0.15) is 5.10 Å². The van der Waals surface area contributed by atoms with E-state index in [0.717, 1.165) is 12.2 Å². The molecule has 0 amide bonds. The summed E-state index contributed by atoms with van der Waals surface area (Å²) in [6.45, 7) is 3.33. The summed E-state index contributed by atoms with van der Waals surface area (Å²) in [4.78, 5) is 0. The van der Waals surface area contributed by atoms with Crippen molar-refractivity contribution in [1.82, 2.24) is 15.1 Å². The molecule has 1 heterocycles. The molecule has 1 aromatic rings. The molecule has 1 unspecified atom stereocenters. The average Bonchev–Trinajstić information content (AvgIpc) is 2.47. The Labute approximate surface area is 89.2 Å². The molecule has 0 saturated heterocycles. The first-order chi connectivity index (χ1) is 6.69. The zero-order chi connectivity index (χ0) is 10.6. The number of nitrogens with one attached hydrogen (secondary N) is 1. The molecule has 14 heavy (non-hydrogen) atoms. The van der Waals surface area contributed by atoms with Crippen LogP contribution in [0, 0.1) is 6.92 Å². The number of hydrogen-bond donors (Lipinski definition) is 1. The molecule has 0 aliphatic heterocycles. The van der Waals surface area contributed by atoms with Crippen LogP contribution < -0.4 is 5.32 Å². The highest BCUT2D eigenvalue weighted by molar-refractivity contribution is 6.31. The number of aryl methyl sites for hydroxylation is 1. The molecule has 5 heteroatoms. The van der Waals surface area contributed by atoms with Crippen molar-refractivity contribution in [2.45, 2.75) is 13.0 Å². The lowest BCUT2D eigenvalue weighted by atomic mass is 10.3. The van der Waals surface area contributed by atoms with E-state index in [2.05, 4.69) is 10.4 Å². The minimum absolute atomic E-state index is 0.191. The number of hydrogen-bond acceptors (Lipinski definition) is 3. The Morgan fingerprint density at radius 3 is 2.86 bits per heavy atom. The van der Waals surface area contributed by atoms with E-state index in [-0.39, 0.29) is 6.04 Å². The van der Waals surface area contributed by atoms with E-state index in [9.17, 15) is 0 Å². The highest BCUT2D eigenvalue weighted by Crippen LogP contribution is 2.15. The minimum atomic E-state index is 0.191. The Bertz CT molecular complexity index is 262. The largest absolute Gasteiger partial charge is 0.382 e. The van der Waals surface area contributed by atoms with Crippen molar-refractivity contribution in [3.63, 3.8) is 0 Å². The Balaban J connectivity index is 2.76. The maximum Gasteiger partial charge on any atom is 0.0877 e. The Kier molecular flexibility index (Phi) is 4.38. The zero-order valence-electron chi connectivity index (χ0n) is 8.75. The van der Waals surface area contributed by atoms with Gasteiger partial charge in [0.25, 0.3) is 0 Å². The van der Waals surface area contributed by atoms with Gasteiger partial charge < -0.3 is 10.1 Å². The topological polar surface area (TPSA) is 39.1 Å². The second kappa shape index (κ2) is 5.34. The molecule has 0 saturated carbocycles. The van der Waals surface area contributed by atoms with E-state index in [1.807, 2.05) is 24.9 Å². The predicted octanol–water partition coefficient (Wildman–Crippen LogP) is 1.25. The lowest BCUT2D eigenvalue weighted by Crippen LogP contribution is -2.26. The molecular weight excluding hydrogens is 202 g/mol. The summed E-state index contributed by atoms with van der Waals surface area (Å²) in [5.74, 6) is 0. The molecule has 0 bridgehead atoms. The average molecular weight is 218 g/mol. The third-order valence-electron chi connectivity index (χ3n) is 2.03. The van der Waals surface area contributed by atoms with E-state index < -0.39 is 0 Å². The summed E-state index contributed by atoms with van der Waals surface area (Å²) < 4.78 is 6.96. The lowest BCUT2D eigenvalue weighted by Gasteiger charge is -2.15. The SMILES string of the molecule is CNCC(COC)n1cc(Cl)c(C)n1. The first kappa shape index (κ1) is 11.5. The van der Waals surface area contributed by atoms with Gasteiger partial charge >= 0.3 is 0 Å². The molecule has 0 aliphatic rings. The lowest BCUT2D eigenvalue weighted by molar-refractivity contribution is 0.149. The van der Waals surface area contributed by atoms with Crippen LogP contribution >= 0.6 is 11.6 Å². The maximum atomic E-state index is 5.93. The van der Waals surface area contributed by atoms with Crippen LogP contribution in [0.4, 0.5) is 0 Å². The van der Waals surface area contributed by atoms with Crippen molar-refractivity contribution >= 4 is 11.6 Å². The molecule has 80 valence electrons. The summed E-state index contributed by atoms with van der Waals surface area (Å²) >= 11 is 5.93. The fraction of sp³-hybridized carbons (Fsp3) is 0.667. The van der Waals surface area contributed by atoms with E-state index in [4.69, 9.17) is 16.3 Å². The van der Waals surface area contributed by atoms with Gasteiger partial charge in [-0.05, 0) is 14.0 Å². The van der Waals surface area contributed by atoms with Gasteiger partial charge in [0, 0.05) is 19.9 Å². The van der Waals surface area contributed by atoms with Crippen molar-refractivity contribution < 1.29 is 4.74 Å². The maximum absolute atomic E-state index is 5.93. The van der Waals surface area contributed by atoms with Gasteiger partial charge in [0.05, 0.1) is 23.4 Å². The summed E-state index contributed by atoms with van der Waals surface area (Å²) in [6.07, 6.45) is 1.83. The summed E-state index contributed by atoms with van der Waals surface area (Å²) in [5.41, 5.74) is 0.851. The van der Waals surface area contributed by atoms with Crippen LogP contribution in [0.3, 0.4) is 0 Å². The van der Waals surface area contributed by atoms with Crippen LogP contribution in [0.15, 0.2) is 6.20 Å². The van der Waals surface area contributed by atoms with Crippen molar-refractivity contribution in [2.24, 2.45) is 0 Å². The number of nitrogens with zero attached hydrogens (tertiary/aromatic N) is 2. The second-order valence-electron chi connectivity index (χ2n) is 3.21. The third-order valence-corrected chi connectivity index (χ3v) is 2.40. The molecule has 4 nitrogen and oxygen atoms in total. The monoisotopic (exact) mass is 217 g/mol. The van der Waals surface area contributed by atoms with Crippen molar-refractivity contribution in [3.8, 4) is 0 Å². The molecule has 1 atom stereocenters. The van der Waals surface area contributed by atoms with Crippen molar-refractivity contribution in [1.29, 1.82) is 0 Å². The number of rotatable bonds is 5. The number of aromatic nitrogens is 2. The van der Waals surface area contributed by atoms with Gasteiger partial charge in [-0.15, -0.1) is 0 Å². The fourth-order valence-electron chi connectivity index (χ4n) is 1.30. The van der Waals surface area contributed by atoms with Crippen LogP contribution in [0.1, 0.15) is 11.7 Å². The quantitative estimate of drug-likeness (QED) is 0.807. The minimum Gasteiger partial charge on any atom is -0.382 e. The van der Waals surface area contributed by atoms with Crippen LogP contribution in [0.5, 0.6) is 0 Å². The highest BCUT2D eigenvalue weighted by atomic mass is 35.5. The van der Waals surface area contributed by atoms with Gasteiger partial charge in [-0.25, -0.2) is 0 Å². The molecule has 0 aromatic carbocycles. The summed E-state index contributed by atoms with van der Waals surface area (Å²) in [6, 6.07) is 0.191. The molecule has 0 fully saturated rings. The number of methoxy groups -OCH3 is 1. The molecule has 0 radical (unpaired) electrons. The Morgan fingerprint density at radius 1 is 1.71 bits per heavy atom. The second-order valence-corrected chi connectivity index (χ2v) is 3.62. The van der Waals surface area contributed by atoms with Gasteiger partial charge in [-0.1, -0.05) is 11.6 Å². The number of likely N-dealkylation sites (N-methyl/N-ethyl adjacent to an activating group) is 1. The molecule has 1 aromatic heterocycles. The van der Waals surface area contributed by atoms with Crippen LogP contribution in [0.25, 0.3) is 0 Å².